The van der Waals surface area contributed by atoms with E-state index in [2.05, 4.69) is 15.2 Å². The Bertz CT molecular complexity index is 1300. The van der Waals surface area contributed by atoms with Gasteiger partial charge in [0.1, 0.15) is 11.6 Å². The molecule has 164 valence electrons. The quantitative estimate of drug-likeness (QED) is 0.484. The van der Waals surface area contributed by atoms with Crippen LogP contribution in [0.1, 0.15) is 40.8 Å². The number of methoxy groups -OCH3 is 1. The Balaban J connectivity index is 1.41. The largest absolute Gasteiger partial charge is 0.496 e. The standard InChI is InChI=1S/C23H22FN5O3/c1-14-10-20(32-27-14)23(30)28-9-3-4-16(12-28)22-25-21-8-5-15(13-29(21)26-22)18-11-17(24)6-7-19(18)31-2/h5-8,10-11,13,16H,3-4,9,12H2,1-2H3/t16-/m1/s1. The number of rotatable bonds is 4. The lowest BCUT2D eigenvalue weighted by molar-refractivity contribution is 0.0662. The maximum atomic E-state index is 13.8. The summed E-state index contributed by atoms with van der Waals surface area (Å²) in [6.45, 7) is 2.96. The molecule has 0 N–H and O–H groups in total. The van der Waals surface area contributed by atoms with Crippen molar-refractivity contribution in [1.29, 1.82) is 0 Å². The molecule has 0 radical (unpaired) electrons. The third-order valence-corrected chi connectivity index (χ3v) is 5.73. The molecule has 32 heavy (non-hydrogen) atoms. The average molecular weight is 435 g/mol. The van der Waals surface area contributed by atoms with Gasteiger partial charge in [0, 0.05) is 42.4 Å². The lowest BCUT2D eigenvalue weighted by Crippen LogP contribution is -2.39. The molecule has 0 saturated carbocycles. The second kappa shape index (κ2) is 8.07. The Morgan fingerprint density at radius 2 is 2.12 bits per heavy atom. The third kappa shape index (κ3) is 3.70. The maximum Gasteiger partial charge on any atom is 0.292 e. The van der Waals surface area contributed by atoms with Gasteiger partial charge in [-0.2, -0.15) is 5.10 Å². The Kier molecular flexibility index (Phi) is 5.08. The molecule has 1 aliphatic heterocycles. The Morgan fingerprint density at radius 1 is 1.25 bits per heavy atom. The first kappa shape index (κ1) is 20.2. The predicted molar refractivity (Wildman–Crippen MR) is 114 cm³/mol. The van der Waals surface area contributed by atoms with E-state index in [1.165, 1.54) is 12.1 Å². The lowest BCUT2D eigenvalue weighted by atomic mass is 9.97. The fourth-order valence-electron chi connectivity index (χ4n) is 4.13. The summed E-state index contributed by atoms with van der Waals surface area (Å²) in [7, 11) is 1.55. The van der Waals surface area contributed by atoms with Crippen molar-refractivity contribution in [2.24, 2.45) is 0 Å². The molecule has 8 nitrogen and oxygen atoms in total. The molecule has 0 spiro atoms. The minimum atomic E-state index is -0.339. The highest BCUT2D eigenvalue weighted by Crippen LogP contribution is 2.31. The molecule has 0 bridgehead atoms. The van der Waals surface area contributed by atoms with Gasteiger partial charge in [-0.3, -0.25) is 4.79 Å². The molecule has 9 heteroatoms. The van der Waals surface area contributed by atoms with Crippen LogP contribution in [-0.4, -0.2) is 50.8 Å². The number of hydrogen-bond acceptors (Lipinski definition) is 6. The zero-order chi connectivity index (χ0) is 22.2. The molecule has 3 aromatic heterocycles. The molecule has 1 saturated heterocycles. The normalized spacial score (nSPS) is 16.5. The van der Waals surface area contributed by atoms with Gasteiger partial charge in [-0.25, -0.2) is 13.9 Å². The van der Waals surface area contributed by atoms with E-state index in [4.69, 9.17) is 9.26 Å². The summed E-state index contributed by atoms with van der Waals surface area (Å²) in [6, 6.07) is 9.77. The fourth-order valence-corrected chi connectivity index (χ4v) is 4.13. The zero-order valence-electron chi connectivity index (χ0n) is 17.8. The van der Waals surface area contributed by atoms with Crippen LogP contribution in [-0.2, 0) is 0 Å². The number of pyridine rings is 1. The highest BCUT2D eigenvalue weighted by atomic mass is 19.1. The molecule has 0 aliphatic carbocycles. The van der Waals surface area contributed by atoms with Gasteiger partial charge in [-0.15, -0.1) is 0 Å². The SMILES string of the molecule is COc1ccc(F)cc1-c1ccc2nc([C@@H]3CCCN(C(=O)c4cc(C)no4)C3)nn2c1. The van der Waals surface area contributed by atoms with E-state index >= 15 is 0 Å². The monoisotopic (exact) mass is 435 g/mol. The van der Waals surface area contributed by atoms with E-state index in [1.807, 2.05) is 18.3 Å². The van der Waals surface area contributed by atoms with Crippen LogP contribution in [0.2, 0.25) is 0 Å². The zero-order valence-corrected chi connectivity index (χ0v) is 17.8. The highest BCUT2D eigenvalue weighted by molar-refractivity contribution is 5.91. The number of aromatic nitrogens is 4. The average Bonchev–Trinajstić information content (AvgIpc) is 3.44. The smallest absolute Gasteiger partial charge is 0.292 e. The number of aryl methyl sites for hydroxylation is 1. The highest BCUT2D eigenvalue weighted by Gasteiger charge is 2.29. The summed E-state index contributed by atoms with van der Waals surface area (Å²) < 4.78 is 26.0. The number of piperidine rings is 1. The fraction of sp³-hybridized carbons (Fsp3) is 0.304. The second-order valence-electron chi connectivity index (χ2n) is 7.96. The lowest BCUT2D eigenvalue weighted by Gasteiger charge is -2.30. The van der Waals surface area contributed by atoms with Crippen LogP contribution in [0.4, 0.5) is 4.39 Å². The molecule has 4 heterocycles. The van der Waals surface area contributed by atoms with E-state index in [9.17, 15) is 9.18 Å². The molecule has 1 fully saturated rings. The molecule has 1 aliphatic rings. The number of ether oxygens (including phenoxy) is 1. The molecule has 1 atom stereocenters. The van der Waals surface area contributed by atoms with Crippen molar-refractivity contribution < 1.29 is 18.4 Å². The van der Waals surface area contributed by atoms with Gasteiger partial charge in [0.25, 0.3) is 5.91 Å². The molecular weight excluding hydrogens is 413 g/mol. The second-order valence-corrected chi connectivity index (χ2v) is 7.96. The van der Waals surface area contributed by atoms with E-state index in [0.717, 1.165) is 18.4 Å². The predicted octanol–water partition coefficient (Wildman–Crippen LogP) is 3.86. The van der Waals surface area contributed by atoms with Crippen LogP contribution < -0.4 is 4.74 Å². The first-order valence-corrected chi connectivity index (χ1v) is 10.4. The van der Waals surface area contributed by atoms with Crippen LogP contribution in [0, 0.1) is 12.7 Å². The van der Waals surface area contributed by atoms with Gasteiger partial charge in [-0.05, 0) is 50.1 Å². The number of likely N-dealkylation sites (tertiary alicyclic amines) is 1. The van der Waals surface area contributed by atoms with Gasteiger partial charge >= 0.3 is 0 Å². The molecule has 5 rings (SSSR count). The number of carbonyl (C=O) groups is 1. The van der Waals surface area contributed by atoms with E-state index < -0.39 is 0 Å². The molecule has 0 unspecified atom stereocenters. The van der Waals surface area contributed by atoms with E-state index in [1.54, 1.807) is 35.6 Å². The van der Waals surface area contributed by atoms with Gasteiger partial charge < -0.3 is 14.2 Å². The van der Waals surface area contributed by atoms with Crippen LogP contribution in [0.5, 0.6) is 5.75 Å². The minimum absolute atomic E-state index is 0.0174. The molecular formula is C23H22FN5O3. The Labute approximate surface area is 183 Å². The minimum Gasteiger partial charge on any atom is -0.496 e. The van der Waals surface area contributed by atoms with Gasteiger partial charge in [-0.1, -0.05) is 5.16 Å². The molecule has 4 aromatic rings. The summed E-state index contributed by atoms with van der Waals surface area (Å²) in [4.78, 5) is 19.2. The van der Waals surface area contributed by atoms with Crippen molar-refractivity contribution in [1.82, 2.24) is 24.7 Å². The van der Waals surface area contributed by atoms with Gasteiger partial charge in [0.2, 0.25) is 5.76 Å². The van der Waals surface area contributed by atoms with E-state index in [-0.39, 0.29) is 23.4 Å². The number of carbonyl (C=O) groups excluding carboxylic acids is 1. The van der Waals surface area contributed by atoms with Crippen molar-refractivity contribution in [3.63, 3.8) is 0 Å². The van der Waals surface area contributed by atoms with E-state index in [0.29, 0.717) is 41.6 Å². The van der Waals surface area contributed by atoms with Crippen molar-refractivity contribution in [2.75, 3.05) is 20.2 Å². The van der Waals surface area contributed by atoms with Crippen LogP contribution >= 0.6 is 0 Å². The molecule has 1 aromatic carbocycles. The number of amides is 1. The number of halogens is 1. The number of hydrogen-bond donors (Lipinski definition) is 0. The summed E-state index contributed by atoms with van der Waals surface area (Å²) in [5.41, 5.74) is 2.78. The topological polar surface area (TPSA) is 85.8 Å². The number of fused-ring (bicyclic) bond motifs is 1. The van der Waals surface area contributed by atoms with Crippen molar-refractivity contribution >= 4 is 11.6 Å². The van der Waals surface area contributed by atoms with Crippen molar-refractivity contribution in [3.05, 3.63) is 65.7 Å². The summed E-state index contributed by atoms with van der Waals surface area (Å²) in [5, 5.41) is 8.47. The first-order valence-electron chi connectivity index (χ1n) is 10.4. The molecule has 1 amide bonds. The third-order valence-electron chi connectivity index (χ3n) is 5.73. The van der Waals surface area contributed by atoms with Crippen LogP contribution in [0.15, 0.2) is 47.1 Å². The number of nitrogens with zero attached hydrogens (tertiary/aromatic N) is 5. The van der Waals surface area contributed by atoms with Crippen LogP contribution in [0.25, 0.3) is 16.8 Å². The summed E-state index contributed by atoms with van der Waals surface area (Å²) in [6.07, 6.45) is 3.55. The van der Waals surface area contributed by atoms with Crippen molar-refractivity contribution in [3.8, 4) is 16.9 Å². The number of benzene rings is 1. The Morgan fingerprint density at radius 3 is 2.91 bits per heavy atom. The van der Waals surface area contributed by atoms with Crippen molar-refractivity contribution in [2.45, 2.75) is 25.7 Å². The Hall–Kier alpha value is -3.75. The first-order chi connectivity index (χ1) is 15.5. The maximum absolute atomic E-state index is 13.8. The van der Waals surface area contributed by atoms with Gasteiger partial charge in [0.05, 0.1) is 12.8 Å². The summed E-state index contributed by atoms with van der Waals surface area (Å²) in [5.74, 6) is 1.02. The summed E-state index contributed by atoms with van der Waals surface area (Å²) >= 11 is 0. The van der Waals surface area contributed by atoms with Crippen LogP contribution in [0.3, 0.4) is 0 Å². The van der Waals surface area contributed by atoms with Gasteiger partial charge in [0.15, 0.2) is 11.5 Å².